The number of aromatic nitrogens is 1. The summed E-state index contributed by atoms with van der Waals surface area (Å²) in [6.07, 6.45) is 0.961. The van der Waals surface area contributed by atoms with Gasteiger partial charge in [-0.3, -0.25) is 9.69 Å². The molecule has 1 amide bonds. The van der Waals surface area contributed by atoms with Crippen molar-refractivity contribution in [3.8, 4) is 22.8 Å². The third-order valence-corrected chi connectivity index (χ3v) is 7.06. The van der Waals surface area contributed by atoms with Crippen molar-refractivity contribution in [1.82, 2.24) is 9.88 Å². The number of thiazole rings is 1. The Hall–Kier alpha value is -3.20. The number of nitrogens with zero attached hydrogens (tertiary/aromatic N) is 3. The lowest BCUT2D eigenvalue weighted by atomic mass is 9.73. The molecule has 164 valence electrons. The van der Waals surface area contributed by atoms with Crippen LogP contribution in [0.25, 0.3) is 11.3 Å². The number of rotatable bonds is 7. The Bertz CT molecular complexity index is 1130. The van der Waals surface area contributed by atoms with Crippen LogP contribution in [0.1, 0.15) is 9.67 Å². The lowest BCUT2D eigenvalue weighted by molar-refractivity contribution is -0.100. The van der Waals surface area contributed by atoms with Crippen LogP contribution in [0.2, 0.25) is 0 Å². The van der Waals surface area contributed by atoms with Crippen LogP contribution in [0.3, 0.4) is 0 Å². The topological polar surface area (TPSA) is 91.9 Å². The van der Waals surface area contributed by atoms with Crippen molar-refractivity contribution in [2.24, 2.45) is 11.1 Å². The van der Waals surface area contributed by atoms with Crippen LogP contribution in [0.5, 0.6) is 11.5 Å². The third kappa shape index (κ3) is 3.77. The van der Waals surface area contributed by atoms with Gasteiger partial charge in [0.2, 0.25) is 0 Å². The molecule has 7 nitrogen and oxygen atoms in total. The molecule has 2 aliphatic rings. The van der Waals surface area contributed by atoms with E-state index in [1.807, 2.05) is 59.5 Å². The first-order valence-corrected chi connectivity index (χ1v) is 11.2. The summed E-state index contributed by atoms with van der Waals surface area (Å²) in [4.78, 5) is 21.5. The molecule has 2 aromatic carbocycles. The SMILES string of the molecule is C=CC(O)N1CC2(CN(c3nc(-c4ccc(Oc5ccccc5)cc4)c(C(N)=O)s3)C2)C1. The molecule has 1 atom stereocenters. The molecule has 8 heteroatoms. The highest BCUT2D eigenvalue weighted by molar-refractivity contribution is 7.18. The molecular formula is C24H24N4O3S. The molecule has 32 heavy (non-hydrogen) atoms. The maximum atomic E-state index is 12.1. The zero-order valence-electron chi connectivity index (χ0n) is 17.5. The van der Waals surface area contributed by atoms with Crippen LogP contribution in [0.4, 0.5) is 5.13 Å². The lowest BCUT2D eigenvalue weighted by Crippen LogP contribution is -2.73. The van der Waals surface area contributed by atoms with Crippen molar-refractivity contribution in [3.05, 3.63) is 72.1 Å². The van der Waals surface area contributed by atoms with Crippen molar-refractivity contribution in [1.29, 1.82) is 0 Å². The third-order valence-electron chi connectivity index (χ3n) is 5.93. The second-order valence-electron chi connectivity index (χ2n) is 8.39. The maximum Gasteiger partial charge on any atom is 0.261 e. The van der Waals surface area contributed by atoms with E-state index < -0.39 is 12.1 Å². The Balaban J connectivity index is 1.30. The summed E-state index contributed by atoms with van der Waals surface area (Å²) in [6, 6.07) is 17.1. The molecule has 1 aromatic heterocycles. The number of likely N-dealkylation sites (tertiary alicyclic amines) is 1. The minimum atomic E-state index is -0.587. The smallest absolute Gasteiger partial charge is 0.261 e. The number of primary amides is 1. The average Bonchev–Trinajstić information content (AvgIpc) is 3.18. The van der Waals surface area contributed by atoms with Gasteiger partial charge in [0.15, 0.2) is 5.13 Å². The molecule has 1 unspecified atom stereocenters. The first-order valence-electron chi connectivity index (χ1n) is 10.4. The van der Waals surface area contributed by atoms with E-state index in [9.17, 15) is 9.90 Å². The largest absolute Gasteiger partial charge is 0.457 e. The first kappa shape index (κ1) is 20.7. The van der Waals surface area contributed by atoms with Crippen LogP contribution < -0.4 is 15.4 Å². The normalized spacial score (nSPS) is 18.0. The van der Waals surface area contributed by atoms with E-state index in [0.717, 1.165) is 42.6 Å². The number of hydrogen-bond acceptors (Lipinski definition) is 7. The standard InChI is InChI=1S/C24H24N4O3S/c1-2-19(29)27-12-24(13-27)14-28(15-24)23-26-20(21(32-23)22(25)30)16-8-10-18(11-9-16)31-17-6-4-3-5-7-17/h2-11,19,29H,1,12-15H2,(H2,25,30). The van der Waals surface area contributed by atoms with Gasteiger partial charge in [0.25, 0.3) is 5.91 Å². The second kappa shape index (κ2) is 8.05. The Morgan fingerprint density at radius 2 is 1.78 bits per heavy atom. The highest BCUT2D eigenvalue weighted by atomic mass is 32.1. The minimum absolute atomic E-state index is 0.180. The monoisotopic (exact) mass is 448 g/mol. The van der Waals surface area contributed by atoms with E-state index in [4.69, 9.17) is 15.5 Å². The fourth-order valence-electron chi connectivity index (χ4n) is 4.36. The number of amides is 1. The lowest BCUT2D eigenvalue weighted by Gasteiger charge is -2.61. The highest BCUT2D eigenvalue weighted by Gasteiger charge is 2.53. The number of carbonyl (C=O) groups excluding carboxylic acids is 1. The van der Waals surface area contributed by atoms with Crippen LogP contribution in [0.15, 0.2) is 67.3 Å². The molecule has 2 saturated heterocycles. The number of aliphatic hydroxyl groups excluding tert-OH is 1. The number of anilines is 1. The van der Waals surface area contributed by atoms with E-state index >= 15 is 0 Å². The minimum Gasteiger partial charge on any atom is -0.457 e. The molecular weight excluding hydrogens is 424 g/mol. The summed E-state index contributed by atoms with van der Waals surface area (Å²) in [5.74, 6) is 0.986. The van der Waals surface area contributed by atoms with Crippen molar-refractivity contribution < 1.29 is 14.6 Å². The fraction of sp³-hybridized carbons (Fsp3) is 0.250. The summed E-state index contributed by atoms with van der Waals surface area (Å²) in [7, 11) is 0. The molecule has 2 aliphatic heterocycles. The van der Waals surface area contributed by atoms with E-state index in [-0.39, 0.29) is 5.41 Å². The summed E-state index contributed by atoms with van der Waals surface area (Å²) in [6.45, 7) is 7.01. The van der Waals surface area contributed by atoms with Gasteiger partial charge < -0.3 is 20.5 Å². The zero-order chi connectivity index (χ0) is 22.3. The van der Waals surface area contributed by atoms with Gasteiger partial charge in [0.05, 0.1) is 5.69 Å². The van der Waals surface area contributed by atoms with E-state index in [1.54, 1.807) is 6.08 Å². The molecule has 0 radical (unpaired) electrons. The van der Waals surface area contributed by atoms with Crippen molar-refractivity contribution in [2.45, 2.75) is 6.23 Å². The molecule has 2 fully saturated rings. The Labute approximate surface area is 190 Å². The van der Waals surface area contributed by atoms with Gasteiger partial charge in [0, 0.05) is 37.2 Å². The van der Waals surface area contributed by atoms with E-state index in [2.05, 4.69) is 11.5 Å². The Morgan fingerprint density at radius 3 is 2.41 bits per heavy atom. The van der Waals surface area contributed by atoms with Crippen LogP contribution in [-0.4, -0.2) is 53.3 Å². The quantitative estimate of drug-likeness (QED) is 0.539. The fourth-order valence-corrected chi connectivity index (χ4v) is 5.30. The number of para-hydroxylation sites is 1. The summed E-state index contributed by atoms with van der Waals surface area (Å²) in [5.41, 5.74) is 7.26. The molecule has 3 aromatic rings. The summed E-state index contributed by atoms with van der Waals surface area (Å²) < 4.78 is 5.85. The molecule has 3 heterocycles. The first-order chi connectivity index (χ1) is 15.5. The molecule has 0 saturated carbocycles. The molecule has 0 aliphatic carbocycles. The zero-order valence-corrected chi connectivity index (χ0v) is 18.3. The number of carbonyl (C=O) groups is 1. The molecule has 1 spiro atoms. The van der Waals surface area contributed by atoms with Crippen molar-refractivity contribution >= 4 is 22.4 Å². The van der Waals surface area contributed by atoms with Gasteiger partial charge >= 0.3 is 0 Å². The predicted molar refractivity (Wildman–Crippen MR) is 125 cm³/mol. The molecule has 0 bridgehead atoms. The van der Waals surface area contributed by atoms with E-state index in [1.165, 1.54) is 11.3 Å². The van der Waals surface area contributed by atoms with Gasteiger partial charge in [-0.25, -0.2) is 4.98 Å². The van der Waals surface area contributed by atoms with Crippen LogP contribution in [0, 0.1) is 5.41 Å². The van der Waals surface area contributed by atoms with Gasteiger partial charge in [-0.2, -0.15) is 0 Å². The molecule has 5 rings (SSSR count). The number of nitrogens with two attached hydrogens (primary N) is 1. The summed E-state index contributed by atoms with van der Waals surface area (Å²) in [5, 5.41) is 10.7. The molecule has 3 N–H and O–H groups in total. The van der Waals surface area contributed by atoms with E-state index in [0.29, 0.717) is 16.3 Å². The maximum absolute atomic E-state index is 12.1. The van der Waals surface area contributed by atoms with Gasteiger partial charge in [-0.05, 0) is 42.5 Å². The predicted octanol–water partition coefficient (Wildman–Crippen LogP) is 3.33. The van der Waals surface area contributed by atoms with Crippen LogP contribution in [-0.2, 0) is 0 Å². The number of hydrogen-bond donors (Lipinski definition) is 2. The van der Waals surface area contributed by atoms with Gasteiger partial charge in [-0.1, -0.05) is 36.1 Å². The number of ether oxygens (including phenoxy) is 1. The Kier molecular flexibility index (Phi) is 5.21. The van der Waals surface area contributed by atoms with Gasteiger partial charge in [-0.15, -0.1) is 0 Å². The van der Waals surface area contributed by atoms with Crippen molar-refractivity contribution in [2.75, 3.05) is 31.1 Å². The van der Waals surface area contributed by atoms with Gasteiger partial charge in [0.1, 0.15) is 22.6 Å². The Morgan fingerprint density at radius 1 is 1.12 bits per heavy atom. The van der Waals surface area contributed by atoms with Crippen LogP contribution >= 0.6 is 11.3 Å². The highest BCUT2D eigenvalue weighted by Crippen LogP contribution is 2.45. The number of benzene rings is 2. The number of aliphatic hydroxyl groups is 1. The average molecular weight is 449 g/mol. The summed E-state index contributed by atoms with van der Waals surface area (Å²) >= 11 is 1.33. The second-order valence-corrected chi connectivity index (χ2v) is 9.37. The van der Waals surface area contributed by atoms with Crippen molar-refractivity contribution in [3.63, 3.8) is 0 Å².